The highest BCUT2D eigenvalue weighted by Crippen LogP contribution is 2.44. The van der Waals surface area contributed by atoms with E-state index in [2.05, 4.69) is 10.7 Å². The number of thioether (sulfide) groups is 1. The molecule has 3 heterocycles. The zero-order valence-electron chi connectivity index (χ0n) is 18.9. The van der Waals surface area contributed by atoms with E-state index in [-0.39, 0.29) is 30.1 Å². The molecule has 6 rings (SSSR count). The van der Waals surface area contributed by atoms with Crippen molar-refractivity contribution in [1.29, 1.82) is 0 Å². The summed E-state index contributed by atoms with van der Waals surface area (Å²) in [6, 6.07) is 5.84. The predicted molar refractivity (Wildman–Crippen MR) is 133 cm³/mol. The zero-order chi connectivity index (χ0) is 23.1. The van der Waals surface area contributed by atoms with E-state index in [0.717, 1.165) is 60.1 Å². The normalized spacial score (nSPS) is 17.9. The topological polar surface area (TPSA) is 82.5 Å². The Morgan fingerprint density at radius 3 is 2.79 bits per heavy atom. The second-order valence-corrected chi connectivity index (χ2v) is 11.1. The molecule has 2 saturated carbocycles. The average molecular weight is 498 g/mol. The predicted octanol–water partition coefficient (Wildman–Crippen LogP) is 4.98. The van der Waals surface area contributed by atoms with Gasteiger partial charge >= 0.3 is 0 Å². The van der Waals surface area contributed by atoms with Crippen LogP contribution >= 0.6 is 23.1 Å². The maximum Gasteiger partial charge on any atom is 0.263 e. The van der Waals surface area contributed by atoms with Crippen LogP contribution in [0, 0.1) is 0 Å². The largest absolute Gasteiger partial charge is 0.454 e. The lowest BCUT2D eigenvalue weighted by Crippen LogP contribution is -2.30. The summed E-state index contributed by atoms with van der Waals surface area (Å²) in [5.41, 5.74) is 2.22. The molecular weight excluding hydrogens is 470 g/mol. The minimum atomic E-state index is -0.0861. The molecule has 0 atom stereocenters. The molecule has 1 aromatic carbocycles. The summed E-state index contributed by atoms with van der Waals surface area (Å²) in [5, 5.41) is 6.58. The molecule has 9 heteroatoms. The molecule has 0 saturated heterocycles. The van der Waals surface area contributed by atoms with Crippen LogP contribution in [-0.4, -0.2) is 28.0 Å². The smallest absolute Gasteiger partial charge is 0.263 e. The molecule has 1 N–H and O–H groups in total. The molecule has 0 unspecified atom stereocenters. The van der Waals surface area contributed by atoms with Crippen molar-refractivity contribution in [3.8, 4) is 11.5 Å². The standard InChI is InChI=1S/C25H27N3O4S2/c29-21(26-11-15-6-9-19-20(10-15)32-14-31-19)13-34-25-27-23-22(18(12-33-23)16-7-8-16)24(30)28(25)17-4-2-1-3-5-17/h6,9-10,12,16-17H,1-5,7-8,11,13-14H2,(H,26,29). The van der Waals surface area contributed by atoms with Gasteiger partial charge in [-0.1, -0.05) is 37.1 Å². The highest BCUT2D eigenvalue weighted by molar-refractivity contribution is 7.99. The second kappa shape index (κ2) is 9.26. The molecule has 0 radical (unpaired) electrons. The molecule has 2 aromatic heterocycles. The number of nitrogens with zero attached hydrogens (tertiary/aromatic N) is 2. The summed E-state index contributed by atoms with van der Waals surface area (Å²) in [4.78, 5) is 32.1. The Hall–Kier alpha value is -2.52. The molecule has 1 amide bonds. The first-order valence-electron chi connectivity index (χ1n) is 12.0. The van der Waals surface area contributed by atoms with Crippen molar-refractivity contribution in [2.45, 2.75) is 68.6 Å². The first-order valence-corrected chi connectivity index (χ1v) is 13.9. The van der Waals surface area contributed by atoms with Crippen molar-refractivity contribution in [3.63, 3.8) is 0 Å². The number of thiophene rings is 1. The van der Waals surface area contributed by atoms with E-state index in [1.54, 1.807) is 11.3 Å². The molecule has 2 aliphatic carbocycles. The fraction of sp³-hybridized carbons (Fsp3) is 0.480. The van der Waals surface area contributed by atoms with E-state index in [9.17, 15) is 9.59 Å². The fourth-order valence-corrected chi connectivity index (χ4v) is 6.85. The SMILES string of the molecule is O=C(CSc1nc2scc(C3CC3)c2c(=O)n1C1CCCCC1)NCc1ccc2c(c1)OCO2. The molecule has 34 heavy (non-hydrogen) atoms. The van der Waals surface area contributed by atoms with Crippen LogP contribution in [0.15, 0.2) is 33.5 Å². The van der Waals surface area contributed by atoms with Gasteiger partial charge in [-0.25, -0.2) is 4.98 Å². The van der Waals surface area contributed by atoms with Gasteiger partial charge in [0, 0.05) is 12.6 Å². The Kier molecular flexibility index (Phi) is 5.99. The quantitative estimate of drug-likeness (QED) is 0.366. The van der Waals surface area contributed by atoms with Gasteiger partial charge in [0.15, 0.2) is 16.7 Å². The van der Waals surface area contributed by atoms with E-state index in [0.29, 0.717) is 23.4 Å². The van der Waals surface area contributed by atoms with Crippen LogP contribution in [0.2, 0.25) is 0 Å². The summed E-state index contributed by atoms with van der Waals surface area (Å²) >= 11 is 2.93. The lowest BCUT2D eigenvalue weighted by Gasteiger charge is -2.26. The average Bonchev–Trinajstić information content (AvgIpc) is 3.43. The maximum absolute atomic E-state index is 13.7. The molecule has 0 bridgehead atoms. The Bertz CT molecular complexity index is 1290. The zero-order valence-corrected chi connectivity index (χ0v) is 20.5. The number of carbonyl (C=O) groups excluding carboxylic acids is 1. The van der Waals surface area contributed by atoms with Gasteiger partial charge in [0.05, 0.1) is 11.1 Å². The Balaban J connectivity index is 1.20. The first-order chi connectivity index (χ1) is 16.7. The first kappa shape index (κ1) is 22.0. The Labute approximate surface area is 205 Å². The Morgan fingerprint density at radius 1 is 1.15 bits per heavy atom. The second-order valence-electron chi connectivity index (χ2n) is 9.26. The van der Waals surface area contributed by atoms with Crippen molar-refractivity contribution in [3.05, 3.63) is 45.1 Å². The number of rotatable bonds is 7. The fourth-order valence-electron chi connectivity index (χ4n) is 4.90. The lowest BCUT2D eigenvalue weighted by molar-refractivity contribution is -0.118. The van der Waals surface area contributed by atoms with Gasteiger partial charge < -0.3 is 14.8 Å². The van der Waals surface area contributed by atoms with Crippen molar-refractivity contribution < 1.29 is 14.3 Å². The minimum absolute atomic E-state index is 0.0861. The molecule has 3 aliphatic rings. The highest BCUT2D eigenvalue weighted by Gasteiger charge is 2.30. The number of nitrogens with one attached hydrogen (secondary N) is 1. The van der Waals surface area contributed by atoms with Crippen molar-refractivity contribution in [1.82, 2.24) is 14.9 Å². The van der Waals surface area contributed by atoms with Gasteiger partial charge in [-0.05, 0) is 60.2 Å². The third-order valence-corrected chi connectivity index (χ3v) is 8.70. The van der Waals surface area contributed by atoms with Crippen molar-refractivity contribution >= 4 is 39.2 Å². The van der Waals surface area contributed by atoms with Crippen LogP contribution in [0.3, 0.4) is 0 Å². The molecular formula is C25H27N3O4S2. The van der Waals surface area contributed by atoms with E-state index >= 15 is 0 Å². The maximum atomic E-state index is 13.7. The van der Waals surface area contributed by atoms with E-state index in [4.69, 9.17) is 14.5 Å². The van der Waals surface area contributed by atoms with Crippen LogP contribution in [0.5, 0.6) is 11.5 Å². The van der Waals surface area contributed by atoms with Gasteiger partial charge in [-0.15, -0.1) is 11.3 Å². The monoisotopic (exact) mass is 497 g/mol. The molecule has 1 aliphatic heterocycles. The van der Waals surface area contributed by atoms with Crippen LogP contribution < -0.4 is 20.3 Å². The van der Waals surface area contributed by atoms with Gasteiger partial charge in [0.2, 0.25) is 12.7 Å². The van der Waals surface area contributed by atoms with Crippen LogP contribution in [0.25, 0.3) is 10.2 Å². The molecule has 0 spiro atoms. The number of benzene rings is 1. The van der Waals surface area contributed by atoms with Crippen LogP contribution in [-0.2, 0) is 11.3 Å². The lowest BCUT2D eigenvalue weighted by atomic mass is 9.95. The number of carbonyl (C=O) groups is 1. The van der Waals surface area contributed by atoms with Crippen molar-refractivity contribution in [2.24, 2.45) is 0 Å². The highest BCUT2D eigenvalue weighted by atomic mass is 32.2. The Morgan fingerprint density at radius 2 is 1.97 bits per heavy atom. The number of aromatic nitrogens is 2. The summed E-state index contributed by atoms with van der Waals surface area (Å²) in [6.45, 7) is 0.641. The van der Waals surface area contributed by atoms with Gasteiger partial charge in [0.25, 0.3) is 5.56 Å². The minimum Gasteiger partial charge on any atom is -0.454 e. The van der Waals surface area contributed by atoms with Gasteiger partial charge in [-0.2, -0.15) is 0 Å². The van der Waals surface area contributed by atoms with E-state index in [1.807, 2.05) is 22.8 Å². The molecule has 2 fully saturated rings. The van der Waals surface area contributed by atoms with Crippen LogP contribution in [0.1, 0.15) is 68.0 Å². The molecule has 7 nitrogen and oxygen atoms in total. The third kappa shape index (κ3) is 4.31. The number of ether oxygens (including phenoxy) is 2. The van der Waals surface area contributed by atoms with E-state index < -0.39 is 0 Å². The third-order valence-electron chi connectivity index (χ3n) is 6.85. The van der Waals surface area contributed by atoms with Crippen LogP contribution in [0.4, 0.5) is 0 Å². The molecule has 178 valence electrons. The number of hydrogen-bond acceptors (Lipinski definition) is 7. The number of fused-ring (bicyclic) bond motifs is 2. The summed E-state index contributed by atoms with van der Waals surface area (Å²) in [5.74, 6) is 2.08. The van der Waals surface area contributed by atoms with Gasteiger partial charge in [-0.3, -0.25) is 14.2 Å². The van der Waals surface area contributed by atoms with E-state index in [1.165, 1.54) is 23.7 Å². The summed E-state index contributed by atoms with van der Waals surface area (Å²) in [6.07, 6.45) is 7.81. The number of hydrogen-bond donors (Lipinski definition) is 1. The number of amides is 1. The summed E-state index contributed by atoms with van der Waals surface area (Å²) in [7, 11) is 0. The summed E-state index contributed by atoms with van der Waals surface area (Å²) < 4.78 is 12.7. The van der Waals surface area contributed by atoms with Gasteiger partial charge in [0.1, 0.15) is 4.83 Å². The van der Waals surface area contributed by atoms with Crippen molar-refractivity contribution in [2.75, 3.05) is 12.5 Å². The molecule has 3 aromatic rings.